The van der Waals surface area contributed by atoms with Crippen molar-refractivity contribution >= 4 is 39.3 Å². The Morgan fingerprint density at radius 2 is 2.00 bits per heavy atom. The Morgan fingerprint density at radius 3 is 2.58 bits per heavy atom. The largest absolute Gasteiger partial charge is 0.478 e. The molecule has 122 valence electrons. The molecule has 6 nitrogen and oxygen atoms in total. The maximum absolute atomic E-state index is 14.3. The van der Waals surface area contributed by atoms with Gasteiger partial charge < -0.3 is 5.11 Å². The quantitative estimate of drug-likeness (QED) is 0.487. The summed E-state index contributed by atoms with van der Waals surface area (Å²) in [6.45, 7) is 1.40. The maximum Gasteiger partial charge on any atom is 0.338 e. The molecule has 0 spiro atoms. The van der Waals surface area contributed by atoms with E-state index in [0.29, 0.717) is 0 Å². The summed E-state index contributed by atoms with van der Waals surface area (Å²) in [5.74, 6) is -3.97. The van der Waals surface area contributed by atoms with Crippen LogP contribution in [0.5, 0.6) is 0 Å². The number of carbonyl (C=O) groups is 1. The van der Waals surface area contributed by atoms with E-state index in [2.05, 4.69) is 9.97 Å². The minimum atomic E-state index is -1.39. The molecule has 9 heteroatoms. The van der Waals surface area contributed by atoms with Gasteiger partial charge in [0.05, 0.1) is 17.1 Å². The van der Waals surface area contributed by atoms with Gasteiger partial charge in [-0.3, -0.25) is 14.3 Å². The lowest BCUT2D eigenvalue weighted by molar-refractivity contribution is 0.0697. The highest BCUT2D eigenvalue weighted by atomic mass is 127. The summed E-state index contributed by atoms with van der Waals surface area (Å²) in [4.78, 5) is 32.2. The smallest absolute Gasteiger partial charge is 0.338 e. The number of fused-ring (bicyclic) bond motifs is 1. The molecule has 0 unspecified atom stereocenters. The normalized spacial score (nSPS) is 11.0. The maximum atomic E-state index is 14.3. The van der Waals surface area contributed by atoms with Gasteiger partial charge in [-0.15, -0.1) is 0 Å². The number of aromatic carboxylic acids is 1. The first kappa shape index (κ1) is 16.4. The molecule has 3 aromatic rings. The molecule has 0 atom stereocenters. The minimum Gasteiger partial charge on any atom is -0.478 e. The van der Waals surface area contributed by atoms with Crippen LogP contribution in [0, 0.1) is 22.1 Å². The molecule has 0 fully saturated rings. The Morgan fingerprint density at radius 1 is 1.29 bits per heavy atom. The van der Waals surface area contributed by atoms with E-state index in [9.17, 15) is 23.5 Å². The molecule has 0 bridgehead atoms. The van der Waals surface area contributed by atoms with Crippen LogP contribution in [-0.2, 0) is 0 Å². The third-order valence-corrected chi connectivity index (χ3v) is 4.38. The molecule has 2 heterocycles. The zero-order valence-corrected chi connectivity index (χ0v) is 14.2. The number of benzene rings is 1. The summed E-state index contributed by atoms with van der Waals surface area (Å²) < 4.78 is 29.1. The second-order valence-electron chi connectivity index (χ2n) is 4.87. The third-order valence-electron chi connectivity index (χ3n) is 3.53. The SMILES string of the molecule is Cc1c(C(=O)O)c2c(I)cc(F)c(F)c2c(=O)n1-c1cnccn1. The molecule has 1 N–H and O–H groups in total. The molecule has 0 aliphatic rings. The monoisotopic (exact) mass is 443 g/mol. The van der Waals surface area contributed by atoms with Gasteiger partial charge in [-0.1, -0.05) is 0 Å². The van der Waals surface area contributed by atoms with Crippen LogP contribution in [0.15, 0.2) is 29.5 Å². The van der Waals surface area contributed by atoms with Crippen molar-refractivity contribution in [2.45, 2.75) is 6.92 Å². The number of hydrogen-bond donors (Lipinski definition) is 1. The van der Waals surface area contributed by atoms with Gasteiger partial charge in [-0.05, 0) is 35.6 Å². The zero-order valence-electron chi connectivity index (χ0n) is 12.0. The molecule has 1 aromatic carbocycles. The molecule has 0 radical (unpaired) electrons. The van der Waals surface area contributed by atoms with Gasteiger partial charge in [0, 0.05) is 27.0 Å². The molecule has 24 heavy (non-hydrogen) atoms. The highest BCUT2D eigenvalue weighted by molar-refractivity contribution is 14.1. The van der Waals surface area contributed by atoms with E-state index in [0.717, 1.165) is 10.6 Å². The van der Waals surface area contributed by atoms with Crippen molar-refractivity contribution in [3.05, 3.63) is 61.5 Å². The van der Waals surface area contributed by atoms with Crippen LogP contribution < -0.4 is 5.56 Å². The van der Waals surface area contributed by atoms with Gasteiger partial charge in [0.1, 0.15) is 0 Å². The van der Waals surface area contributed by atoms with Crippen molar-refractivity contribution < 1.29 is 18.7 Å². The standard InChI is InChI=1S/C15H8F2IN3O3/c1-6-10(15(23)24)11-8(18)4-7(16)13(17)12(11)14(22)21(6)9-5-19-2-3-20-9/h2-5H,1H3,(H,23,24). The average molecular weight is 443 g/mol. The second kappa shape index (κ2) is 5.89. The summed E-state index contributed by atoms with van der Waals surface area (Å²) in [5, 5.41) is 8.77. The minimum absolute atomic E-state index is 0.0167. The van der Waals surface area contributed by atoms with Crippen LogP contribution in [0.4, 0.5) is 8.78 Å². The number of hydrogen-bond acceptors (Lipinski definition) is 4. The highest BCUT2D eigenvalue weighted by Crippen LogP contribution is 2.29. The lowest BCUT2D eigenvalue weighted by atomic mass is 10.0. The van der Waals surface area contributed by atoms with Crippen LogP contribution in [0.2, 0.25) is 0 Å². The van der Waals surface area contributed by atoms with E-state index < -0.39 is 28.5 Å². The fourth-order valence-electron chi connectivity index (χ4n) is 2.54. The highest BCUT2D eigenvalue weighted by Gasteiger charge is 2.26. The predicted molar refractivity (Wildman–Crippen MR) is 89.5 cm³/mol. The van der Waals surface area contributed by atoms with E-state index in [4.69, 9.17) is 0 Å². The van der Waals surface area contributed by atoms with E-state index in [1.165, 1.54) is 25.5 Å². The molecule has 0 saturated carbocycles. The molecular weight excluding hydrogens is 435 g/mol. The number of carboxylic acids is 1. The lowest BCUT2D eigenvalue weighted by Crippen LogP contribution is -2.26. The van der Waals surface area contributed by atoms with Gasteiger partial charge in [0.25, 0.3) is 5.56 Å². The van der Waals surface area contributed by atoms with Crippen molar-refractivity contribution in [1.29, 1.82) is 0 Å². The van der Waals surface area contributed by atoms with Gasteiger partial charge in [-0.2, -0.15) is 0 Å². The van der Waals surface area contributed by atoms with Gasteiger partial charge in [0.15, 0.2) is 17.5 Å². The Kier molecular flexibility index (Phi) is 4.03. The number of pyridine rings is 1. The van der Waals surface area contributed by atoms with E-state index in [1.807, 2.05) is 0 Å². The number of aromatic nitrogens is 3. The summed E-state index contributed by atoms with van der Waals surface area (Å²) in [6, 6.07) is 0.857. The van der Waals surface area contributed by atoms with Gasteiger partial charge in [-0.25, -0.2) is 18.6 Å². The van der Waals surface area contributed by atoms with E-state index in [1.54, 1.807) is 22.6 Å². The fourth-order valence-corrected chi connectivity index (χ4v) is 3.35. The Labute approximate surface area is 146 Å². The van der Waals surface area contributed by atoms with Crippen LogP contribution in [0.1, 0.15) is 16.1 Å². The average Bonchev–Trinajstić information content (AvgIpc) is 2.53. The number of rotatable bonds is 2. The van der Waals surface area contributed by atoms with Crippen LogP contribution >= 0.6 is 22.6 Å². The number of nitrogens with zero attached hydrogens (tertiary/aromatic N) is 3. The van der Waals surface area contributed by atoms with Crippen molar-refractivity contribution in [3.63, 3.8) is 0 Å². The number of halogens is 3. The summed E-state index contributed by atoms with van der Waals surface area (Å²) in [5.41, 5.74) is -1.15. The van der Waals surface area contributed by atoms with Crippen molar-refractivity contribution in [1.82, 2.24) is 14.5 Å². The molecule has 3 rings (SSSR count). The lowest BCUT2D eigenvalue weighted by Gasteiger charge is -2.15. The van der Waals surface area contributed by atoms with Crippen LogP contribution in [0.25, 0.3) is 16.6 Å². The van der Waals surface area contributed by atoms with E-state index >= 15 is 0 Å². The molecular formula is C15H8F2IN3O3. The first-order valence-corrected chi connectivity index (χ1v) is 7.65. The molecule has 0 saturated heterocycles. The first-order valence-electron chi connectivity index (χ1n) is 6.57. The zero-order chi connectivity index (χ0) is 17.6. The summed E-state index contributed by atoms with van der Waals surface area (Å²) in [6.07, 6.45) is 3.90. The Bertz CT molecular complexity index is 1050. The number of carboxylic acid groups (broad SMARTS) is 1. The summed E-state index contributed by atoms with van der Waals surface area (Å²) in [7, 11) is 0. The molecule has 0 aliphatic heterocycles. The summed E-state index contributed by atoms with van der Waals surface area (Å²) >= 11 is 1.67. The Hall–Kier alpha value is -2.43. The van der Waals surface area contributed by atoms with E-state index in [-0.39, 0.29) is 26.0 Å². The van der Waals surface area contributed by atoms with Crippen LogP contribution in [0.3, 0.4) is 0 Å². The van der Waals surface area contributed by atoms with Gasteiger partial charge in [0.2, 0.25) is 0 Å². The Balaban J connectivity index is 2.65. The first-order chi connectivity index (χ1) is 11.3. The van der Waals surface area contributed by atoms with Crippen LogP contribution in [-0.4, -0.2) is 25.6 Å². The molecule has 0 aliphatic carbocycles. The molecule has 0 amide bonds. The van der Waals surface area contributed by atoms with Crippen molar-refractivity contribution in [2.24, 2.45) is 0 Å². The predicted octanol–water partition coefficient (Wildman–Crippen LogP) is 2.67. The van der Waals surface area contributed by atoms with Crippen molar-refractivity contribution in [3.8, 4) is 5.82 Å². The topological polar surface area (TPSA) is 85.1 Å². The molecule has 2 aromatic heterocycles. The van der Waals surface area contributed by atoms with Gasteiger partial charge >= 0.3 is 5.97 Å². The van der Waals surface area contributed by atoms with Crippen molar-refractivity contribution in [2.75, 3.05) is 0 Å². The fraction of sp³-hybridized carbons (Fsp3) is 0.0667. The third kappa shape index (κ3) is 2.35. The second-order valence-corrected chi connectivity index (χ2v) is 6.04.